The van der Waals surface area contributed by atoms with E-state index in [9.17, 15) is 9.59 Å². The molecule has 0 heterocycles. The van der Waals surface area contributed by atoms with Crippen molar-refractivity contribution in [2.45, 2.75) is 11.3 Å². The Labute approximate surface area is 149 Å². The first kappa shape index (κ1) is 18.2. The molecule has 2 aromatic rings. The highest BCUT2D eigenvalue weighted by Crippen LogP contribution is 2.19. The largest absolute Gasteiger partial charge is 0.497 e. The topological polar surface area (TPSA) is 67.4 Å². The van der Waals surface area contributed by atoms with Crippen LogP contribution in [0.3, 0.4) is 0 Å². The van der Waals surface area contributed by atoms with Crippen LogP contribution in [0.4, 0.5) is 0 Å². The van der Waals surface area contributed by atoms with Gasteiger partial charge in [0.15, 0.2) is 0 Å². The molecule has 0 aromatic heterocycles. The number of ether oxygens (including phenoxy) is 1. The summed E-state index contributed by atoms with van der Waals surface area (Å²) in [6, 6.07) is 14.4. The van der Waals surface area contributed by atoms with Gasteiger partial charge in [-0.1, -0.05) is 23.7 Å². The van der Waals surface area contributed by atoms with Crippen molar-refractivity contribution in [3.8, 4) is 5.75 Å². The van der Waals surface area contributed by atoms with Gasteiger partial charge < -0.3 is 4.74 Å². The van der Waals surface area contributed by atoms with E-state index in [1.165, 1.54) is 11.8 Å². The molecule has 0 radical (unpaired) electrons. The zero-order valence-electron chi connectivity index (χ0n) is 13.0. The summed E-state index contributed by atoms with van der Waals surface area (Å²) in [6.45, 7) is 0. The van der Waals surface area contributed by atoms with Crippen LogP contribution in [0.1, 0.15) is 5.56 Å². The molecule has 0 spiro atoms. The van der Waals surface area contributed by atoms with Gasteiger partial charge in [-0.15, -0.1) is 11.8 Å². The number of benzene rings is 2. The van der Waals surface area contributed by atoms with E-state index in [2.05, 4.69) is 10.9 Å². The first-order valence-electron chi connectivity index (χ1n) is 7.16. The monoisotopic (exact) mass is 364 g/mol. The summed E-state index contributed by atoms with van der Waals surface area (Å²) in [5.41, 5.74) is 5.63. The second-order valence-electron chi connectivity index (χ2n) is 4.86. The van der Waals surface area contributed by atoms with Gasteiger partial charge >= 0.3 is 0 Å². The fraction of sp³-hybridized carbons (Fsp3) is 0.176. The van der Waals surface area contributed by atoms with Crippen molar-refractivity contribution in [2.75, 3.05) is 12.9 Å². The SMILES string of the molecule is COc1ccc(CC(=O)NNC(=O)CSc2ccc(Cl)cc2)cc1. The normalized spacial score (nSPS) is 10.1. The Morgan fingerprint density at radius 1 is 1.00 bits per heavy atom. The van der Waals surface area contributed by atoms with Gasteiger partial charge in [0.25, 0.3) is 0 Å². The Morgan fingerprint density at radius 3 is 2.25 bits per heavy atom. The Morgan fingerprint density at radius 2 is 1.62 bits per heavy atom. The van der Waals surface area contributed by atoms with Crippen LogP contribution in [0.5, 0.6) is 5.75 Å². The Balaban J connectivity index is 1.70. The number of halogens is 1. The van der Waals surface area contributed by atoms with E-state index in [-0.39, 0.29) is 24.0 Å². The standard InChI is InChI=1S/C17H17ClN2O3S/c1-23-14-6-2-12(3-7-14)10-16(21)19-20-17(22)11-24-15-8-4-13(18)5-9-15/h2-9H,10-11H2,1H3,(H,19,21)(H,20,22). The molecule has 2 aromatic carbocycles. The maximum Gasteiger partial charge on any atom is 0.248 e. The first-order valence-corrected chi connectivity index (χ1v) is 8.52. The van der Waals surface area contributed by atoms with Crippen LogP contribution < -0.4 is 15.6 Å². The van der Waals surface area contributed by atoms with E-state index in [4.69, 9.17) is 16.3 Å². The van der Waals surface area contributed by atoms with Crippen molar-refractivity contribution in [3.63, 3.8) is 0 Å². The van der Waals surface area contributed by atoms with Gasteiger partial charge in [0.2, 0.25) is 11.8 Å². The quantitative estimate of drug-likeness (QED) is 0.611. The third kappa shape index (κ3) is 6.14. The van der Waals surface area contributed by atoms with E-state index >= 15 is 0 Å². The number of hydrazine groups is 1. The lowest BCUT2D eigenvalue weighted by Gasteiger charge is -2.08. The molecule has 0 atom stereocenters. The summed E-state index contributed by atoms with van der Waals surface area (Å²) in [6.07, 6.45) is 0.175. The Kier molecular flexibility index (Phi) is 6.96. The highest BCUT2D eigenvalue weighted by molar-refractivity contribution is 8.00. The van der Waals surface area contributed by atoms with E-state index in [0.29, 0.717) is 5.02 Å². The number of nitrogens with one attached hydrogen (secondary N) is 2. The molecule has 0 unspecified atom stereocenters. The van der Waals surface area contributed by atoms with Gasteiger partial charge in [0.05, 0.1) is 19.3 Å². The molecule has 5 nitrogen and oxygen atoms in total. The van der Waals surface area contributed by atoms with Crippen molar-refractivity contribution in [3.05, 3.63) is 59.1 Å². The molecular formula is C17H17ClN2O3S. The minimum Gasteiger partial charge on any atom is -0.497 e. The Bertz CT molecular complexity index is 690. The van der Waals surface area contributed by atoms with Gasteiger partial charge in [0, 0.05) is 9.92 Å². The molecule has 7 heteroatoms. The van der Waals surface area contributed by atoms with Gasteiger partial charge in [-0.3, -0.25) is 20.4 Å². The van der Waals surface area contributed by atoms with Crippen LogP contribution in [0.2, 0.25) is 5.02 Å². The van der Waals surface area contributed by atoms with Crippen molar-refractivity contribution >= 4 is 35.2 Å². The van der Waals surface area contributed by atoms with Crippen LogP contribution >= 0.6 is 23.4 Å². The molecule has 0 fully saturated rings. The average Bonchev–Trinajstić information content (AvgIpc) is 2.60. The van der Waals surface area contributed by atoms with Crippen molar-refractivity contribution < 1.29 is 14.3 Å². The highest BCUT2D eigenvalue weighted by atomic mass is 35.5. The number of hydrogen-bond acceptors (Lipinski definition) is 4. The smallest absolute Gasteiger partial charge is 0.248 e. The zero-order valence-corrected chi connectivity index (χ0v) is 14.6. The summed E-state index contributed by atoms with van der Waals surface area (Å²) >= 11 is 7.16. The number of amides is 2. The summed E-state index contributed by atoms with van der Waals surface area (Å²) < 4.78 is 5.06. The Hall–Kier alpha value is -2.18. The molecule has 0 bridgehead atoms. The maximum absolute atomic E-state index is 11.8. The van der Waals surface area contributed by atoms with Gasteiger partial charge in [-0.2, -0.15) is 0 Å². The highest BCUT2D eigenvalue weighted by Gasteiger charge is 2.07. The van der Waals surface area contributed by atoms with Crippen LogP contribution in [0.25, 0.3) is 0 Å². The molecule has 0 aliphatic rings. The second kappa shape index (κ2) is 9.20. The molecule has 126 valence electrons. The first-order chi connectivity index (χ1) is 11.6. The fourth-order valence-corrected chi connectivity index (χ4v) is 2.65. The second-order valence-corrected chi connectivity index (χ2v) is 6.35. The molecule has 0 saturated heterocycles. The molecule has 2 amide bonds. The van der Waals surface area contributed by atoms with Crippen LogP contribution in [0, 0.1) is 0 Å². The van der Waals surface area contributed by atoms with E-state index in [0.717, 1.165) is 16.2 Å². The van der Waals surface area contributed by atoms with Gasteiger partial charge in [0.1, 0.15) is 5.75 Å². The number of methoxy groups -OCH3 is 1. The molecule has 0 aliphatic carbocycles. The average molecular weight is 365 g/mol. The number of carbonyl (C=O) groups is 2. The summed E-state index contributed by atoms with van der Waals surface area (Å²) in [4.78, 5) is 24.5. The predicted octanol–water partition coefficient (Wildman–Crippen LogP) is 2.83. The van der Waals surface area contributed by atoms with Crippen LogP contribution in [-0.4, -0.2) is 24.7 Å². The van der Waals surface area contributed by atoms with Crippen LogP contribution in [0.15, 0.2) is 53.4 Å². The number of thioether (sulfide) groups is 1. The molecule has 24 heavy (non-hydrogen) atoms. The number of carbonyl (C=O) groups excluding carboxylic acids is 2. The molecule has 0 aliphatic heterocycles. The maximum atomic E-state index is 11.8. The van der Waals surface area contributed by atoms with E-state index < -0.39 is 0 Å². The molecule has 2 N–H and O–H groups in total. The van der Waals surface area contributed by atoms with E-state index in [1.807, 2.05) is 12.1 Å². The summed E-state index contributed by atoms with van der Waals surface area (Å²) in [5, 5.41) is 0.648. The molecular weight excluding hydrogens is 348 g/mol. The molecule has 0 saturated carbocycles. The minimum absolute atomic E-state index is 0.175. The lowest BCUT2D eigenvalue weighted by Crippen LogP contribution is -2.43. The zero-order chi connectivity index (χ0) is 17.4. The summed E-state index contributed by atoms with van der Waals surface area (Å²) in [5.74, 6) is 0.361. The number of hydrogen-bond donors (Lipinski definition) is 2. The third-order valence-corrected chi connectivity index (χ3v) is 4.31. The van der Waals surface area contributed by atoms with Crippen molar-refractivity contribution in [1.29, 1.82) is 0 Å². The van der Waals surface area contributed by atoms with E-state index in [1.54, 1.807) is 43.5 Å². The van der Waals surface area contributed by atoms with Gasteiger partial charge in [-0.05, 0) is 42.0 Å². The lowest BCUT2D eigenvalue weighted by atomic mass is 10.1. The van der Waals surface area contributed by atoms with Crippen molar-refractivity contribution in [1.82, 2.24) is 10.9 Å². The fourth-order valence-electron chi connectivity index (χ4n) is 1.83. The predicted molar refractivity (Wildman–Crippen MR) is 95.2 cm³/mol. The van der Waals surface area contributed by atoms with Crippen molar-refractivity contribution in [2.24, 2.45) is 0 Å². The number of rotatable bonds is 6. The van der Waals surface area contributed by atoms with Crippen LogP contribution in [-0.2, 0) is 16.0 Å². The third-order valence-electron chi connectivity index (χ3n) is 3.05. The lowest BCUT2D eigenvalue weighted by molar-refractivity contribution is -0.127. The minimum atomic E-state index is -0.287. The summed E-state index contributed by atoms with van der Waals surface area (Å²) in [7, 11) is 1.58. The van der Waals surface area contributed by atoms with Gasteiger partial charge in [-0.25, -0.2) is 0 Å². The molecule has 2 rings (SSSR count).